The molecule has 6 heteroatoms. The summed E-state index contributed by atoms with van der Waals surface area (Å²) in [7, 11) is 0. The molecule has 2 aromatic carbocycles. The summed E-state index contributed by atoms with van der Waals surface area (Å²) in [5, 5.41) is 13.1. The third kappa shape index (κ3) is 3.16. The van der Waals surface area contributed by atoms with Crippen LogP contribution in [-0.2, 0) is 0 Å². The Morgan fingerprint density at radius 1 is 1.12 bits per heavy atom. The summed E-state index contributed by atoms with van der Waals surface area (Å²) >= 11 is 0. The molecule has 3 N–H and O–H groups in total. The lowest BCUT2D eigenvalue weighted by atomic mass is 10.1. The second kappa shape index (κ2) is 6.14. The van der Waals surface area contributed by atoms with Crippen LogP contribution in [0.25, 0.3) is 11.0 Å². The number of fused-ring (bicyclic) bond motifs is 1. The van der Waals surface area contributed by atoms with Crippen molar-refractivity contribution in [1.29, 1.82) is 0 Å². The maximum absolute atomic E-state index is 10.1. The quantitative estimate of drug-likeness (QED) is 0.673. The van der Waals surface area contributed by atoms with Crippen molar-refractivity contribution in [2.45, 2.75) is 26.5 Å². The van der Waals surface area contributed by atoms with Crippen molar-refractivity contribution in [3.63, 3.8) is 0 Å². The van der Waals surface area contributed by atoms with Gasteiger partial charge in [-0.05, 0) is 42.7 Å². The number of nitrogens with one attached hydrogen (secondary N) is 2. The molecule has 3 aromatic rings. The monoisotopic (exact) mass is 333 g/mol. The maximum Gasteiger partial charge on any atom is 0.227 e. The number of hydrogen-bond donors (Lipinski definition) is 3. The molecule has 1 aromatic heterocycles. The number of benzene rings is 2. The SMILES string of the molecule is Cc1cc2nc(NC3=NC(O)CC(c4ccccc4)=N3)[nH]c2cc1C. The van der Waals surface area contributed by atoms with E-state index in [1.807, 2.05) is 36.4 Å². The number of anilines is 1. The molecule has 0 spiro atoms. The lowest BCUT2D eigenvalue weighted by Crippen LogP contribution is -2.25. The topological polar surface area (TPSA) is 85.7 Å². The molecular formula is C19H19N5O. The highest BCUT2D eigenvalue weighted by Gasteiger charge is 2.18. The van der Waals surface area contributed by atoms with Crippen molar-refractivity contribution >= 4 is 28.7 Å². The van der Waals surface area contributed by atoms with Gasteiger partial charge < -0.3 is 10.1 Å². The van der Waals surface area contributed by atoms with E-state index in [1.165, 1.54) is 11.1 Å². The van der Waals surface area contributed by atoms with Gasteiger partial charge in [0.15, 0.2) is 6.23 Å². The van der Waals surface area contributed by atoms with Crippen LogP contribution in [0.4, 0.5) is 5.95 Å². The van der Waals surface area contributed by atoms with Crippen LogP contribution >= 0.6 is 0 Å². The number of rotatable bonds is 2. The molecule has 2 heterocycles. The molecule has 1 atom stereocenters. The van der Waals surface area contributed by atoms with Crippen molar-refractivity contribution in [1.82, 2.24) is 9.97 Å². The van der Waals surface area contributed by atoms with Gasteiger partial charge >= 0.3 is 0 Å². The van der Waals surface area contributed by atoms with E-state index in [0.29, 0.717) is 18.3 Å². The van der Waals surface area contributed by atoms with Crippen LogP contribution < -0.4 is 5.32 Å². The molecule has 4 rings (SSSR count). The first-order valence-corrected chi connectivity index (χ1v) is 8.21. The minimum absolute atomic E-state index is 0.352. The maximum atomic E-state index is 10.1. The van der Waals surface area contributed by atoms with E-state index in [-0.39, 0.29) is 0 Å². The van der Waals surface area contributed by atoms with Gasteiger partial charge in [-0.3, -0.25) is 5.32 Å². The van der Waals surface area contributed by atoms with Gasteiger partial charge in [-0.2, -0.15) is 0 Å². The number of imidazole rings is 1. The number of aliphatic imine (C=N–C) groups is 2. The lowest BCUT2D eigenvalue weighted by Gasteiger charge is -2.16. The van der Waals surface area contributed by atoms with Crippen LogP contribution in [0.2, 0.25) is 0 Å². The van der Waals surface area contributed by atoms with Crippen molar-refractivity contribution in [2.24, 2.45) is 9.98 Å². The van der Waals surface area contributed by atoms with Gasteiger partial charge in [0.1, 0.15) is 0 Å². The fourth-order valence-corrected chi connectivity index (χ4v) is 2.87. The van der Waals surface area contributed by atoms with Crippen LogP contribution in [0.3, 0.4) is 0 Å². The van der Waals surface area contributed by atoms with Crippen LogP contribution in [-0.4, -0.2) is 33.0 Å². The summed E-state index contributed by atoms with van der Waals surface area (Å²) in [5.41, 5.74) is 6.02. The molecule has 0 aliphatic carbocycles. The van der Waals surface area contributed by atoms with E-state index in [4.69, 9.17) is 0 Å². The van der Waals surface area contributed by atoms with Crippen molar-refractivity contribution < 1.29 is 5.11 Å². The number of aromatic nitrogens is 2. The van der Waals surface area contributed by atoms with Crippen LogP contribution in [0.1, 0.15) is 23.1 Å². The zero-order valence-electron chi connectivity index (χ0n) is 14.1. The molecule has 1 aliphatic heterocycles. The zero-order chi connectivity index (χ0) is 17.4. The van der Waals surface area contributed by atoms with E-state index in [9.17, 15) is 5.11 Å². The first kappa shape index (κ1) is 15.5. The second-order valence-electron chi connectivity index (χ2n) is 6.23. The molecule has 0 amide bonds. The number of H-pyrrole nitrogens is 1. The Morgan fingerprint density at radius 2 is 1.88 bits per heavy atom. The highest BCUT2D eigenvalue weighted by molar-refractivity contribution is 6.11. The third-order valence-corrected chi connectivity index (χ3v) is 4.32. The second-order valence-corrected chi connectivity index (χ2v) is 6.23. The van der Waals surface area contributed by atoms with Gasteiger partial charge in [0.05, 0.1) is 16.7 Å². The number of nitrogens with zero attached hydrogens (tertiary/aromatic N) is 3. The Kier molecular flexibility index (Phi) is 3.82. The molecule has 1 aliphatic rings. The highest BCUT2D eigenvalue weighted by Crippen LogP contribution is 2.20. The molecule has 0 bridgehead atoms. The molecule has 0 saturated carbocycles. The minimum atomic E-state index is -0.816. The summed E-state index contributed by atoms with van der Waals surface area (Å²) in [4.78, 5) is 16.5. The number of aliphatic hydroxyl groups excluding tert-OH is 1. The third-order valence-electron chi connectivity index (χ3n) is 4.32. The lowest BCUT2D eigenvalue weighted by molar-refractivity contribution is 0.191. The summed E-state index contributed by atoms with van der Waals surface area (Å²) in [6, 6.07) is 13.9. The summed E-state index contributed by atoms with van der Waals surface area (Å²) in [6.07, 6.45) is -0.419. The number of guanidine groups is 1. The molecule has 126 valence electrons. The molecule has 25 heavy (non-hydrogen) atoms. The van der Waals surface area contributed by atoms with E-state index >= 15 is 0 Å². The van der Waals surface area contributed by atoms with E-state index in [0.717, 1.165) is 22.3 Å². The van der Waals surface area contributed by atoms with Gasteiger partial charge in [-0.15, -0.1) is 0 Å². The number of aliphatic hydroxyl groups is 1. The standard InChI is InChI=1S/C19H19N5O/c1-11-8-15-16(9-12(11)2)22-18(21-15)24-19-20-14(10-17(25)23-19)13-6-4-3-5-7-13/h3-9,17,25H,10H2,1-2H3,(H2,21,22,23,24). The average molecular weight is 333 g/mol. The molecule has 0 fully saturated rings. The summed E-state index contributed by atoms with van der Waals surface area (Å²) in [5.74, 6) is 0.911. The zero-order valence-corrected chi connectivity index (χ0v) is 14.1. The van der Waals surface area contributed by atoms with Crippen LogP contribution in [0.5, 0.6) is 0 Å². The summed E-state index contributed by atoms with van der Waals surface area (Å²) < 4.78 is 0. The van der Waals surface area contributed by atoms with Gasteiger partial charge in [0.25, 0.3) is 0 Å². The Hall–Kier alpha value is -2.99. The number of aromatic amines is 1. The molecule has 0 saturated heterocycles. The number of aryl methyl sites for hydroxylation is 2. The van der Waals surface area contributed by atoms with Gasteiger partial charge in [-0.25, -0.2) is 15.0 Å². The Labute approximate surface area is 145 Å². The Morgan fingerprint density at radius 3 is 2.68 bits per heavy atom. The van der Waals surface area contributed by atoms with E-state index < -0.39 is 6.23 Å². The molecule has 1 unspecified atom stereocenters. The molecule has 6 nitrogen and oxygen atoms in total. The van der Waals surface area contributed by atoms with Crippen molar-refractivity contribution in [3.8, 4) is 0 Å². The molecular weight excluding hydrogens is 314 g/mol. The average Bonchev–Trinajstić information content (AvgIpc) is 2.96. The fourth-order valence-electron chi connectivity index (χ4n) is 2.87. The Bertz CT molecular complexity index is 949. The smallest absolute Gasteiger partial charge is 0.227 e. The Balaban J connectivity index is 1.64. The van der Waals surface area contributed by atoms with Gasteiger partial charge in [-0.1, -0.05) is 30.3 Å². The minimum Gasteiger partial charge on any atom is -0.371 e. The summed E-state index contributed by atoms with van der Waals surface area (Å²) in [6.45, 7) is 4.13. The predicted octanol–water partition coefficient (Wildman–Crippen LogP) is 3.16. The van der Waals surface area contributed by atoms with E-state index in [2.05, 4.69) is 45.2 Å². The fraction of sp³-hybridized carbons (Fsp3) is 0.211. The number of hydrogen-bond acceptors (Lipinski definition) is 5. The van der Waals surface area contributed by atoms with Gasteiger partial charge in [0, 0.05) is 6.42 Å². The van der Waals surface area contributed by atoms with Crippen LogP contribution in [0, 0.1) is 13.8 Å². The van der Waals surface area contributed by atoms with Crippen molar-refractivity contribution in [2.75, 3.05) is 5.32 Å². The molecule has 0 radical (unpaired) electrons. The first-order valence-electron chi connectivity index (χ1n) is 8.21. The first-order chi connectivity index (χ1) is 12.1. The van der Waals surface area contributed by atoms with Crippen LogP contribution in [0.15, 0.2) is 52.4 Å². The van der Waals surface area contributed by atoms with Crippen molar-refractivity contribution in [3.05, 3.63) is 59.2 Å². The van der Waals surface area contributed by atoms with E-state index in [1.54, 1.807) is 0 Å². The highest BCUT2D eigenvalue weighted by atomic mass is 16.3. The van der Waals surface area contributed by atoms with Gasteiger partial charge in [0.2, 0.25) is 11.9 Å². The largest absolute Gasteiger partial charge is 0.371 e. The predicted molar refractivity (Wildman–Crippen MR) is 100 cm³/mol. The normalized spacial score (nSPS) is 17.3.